The van der Waals surface area contributed by atoms with Crippen molar-refractivity contribution in [3.05, 3.63) is 0 Å². The number of carbonyl (C=O) groups excluding carboxylic acids is 3. The molecule has 0 aromatic heterocycles. The number of hydrogen-bond acceptors (Lipinski definition) is 5. The minimum absolute atomic E-state index is 0.0563. The van der Waals surface area contributed by atoms with Crippen molar-refractivity contribution < 1.29 is 23.9 Å². The van der Waals surface area contributed by atoms with Crippen LogP contribution in [0.1, 0.15) is 39.0 Å². The first-order valence-electron chi connectivity index (χ1n) is 5.78. The van der Waals surface area contributed by atoms with Gasteiger partial charge in [0, 0.05) is 32.1 Å². The average molecular weight is 242 g/mol. The summed E-state index contributed by atoms with van der Waals surface area (Å²) in [6.07, 6.45) is 1.93. The zero-order valence-electron chi connectivity index (χ0n) is 10.2. The number of hydrogen-bond donors (Lipinski definition) is 0. The summed E-state index contributed by atoms with van der Waals surface area (Å²) < 4.78 is 9.73. The van der Waals surface area contributed by atoms with Crippen LogP contribution < -0.4 is 0 Å². The molecule has 0 N–H and O–H groups in total. The van der Waals surface area contributed by atoms with Gasteiger partial charge in [-0.1, -0.05) is 0 Å². The normalized spacial score (nSPS) is 24.2. The number of ether oxygens (including phenoxy) is 2. The van der Waals surface area contributed by atoms with E-state index in [9.17, 15) is 14.4 Å². The van der Waals surface area contributed by atoms with E-state index in [4.69, 9.17) is 4.74 Å². The summed E-state index contributed by atoms with van der Waals surface area (Å²) in [5, 5.41) is 0. The SMILES string of the molecule is COC(=O)CC[C@@H]1CC(=O)CC[C@H]1OC(C)=O. The fraction of sp³-hybridized carbons (Fsp3) is 0.750. The molecule has 5 nitrogen and oxygen atoms in total. The smallest absolute Gasteiger partial charge is 0.305 e. The van der Waals surface area contributed by atoms with Gasteiger partial charge in [-0.05, 0) is 12.8 Å². The highest BCUT2D eigenvalue weighted by molar-refractivity contribution is 5.80. The lowest BCUT2D eigenvalue weighted by Gasteiger charge is -2.29. The van der Waals surface area contributed by atoms with Gasteiger partial charge in [0.1, 0.15) is 11.9 Å². The average Bonchev–Trinajstić information content (AvgIpc) is 2.28. The van der Waals surface area contributed by atoms with Crippen LogP contribution in [0.15, 0.2) is 0 Å². The van der Waals surface area contributed by atoms with Gasteiger partial charge in [0.2, 0.25) is 0 Å². The molecule has 5 heteroatoms. The van der Waals surface area contributed by atoms with Crippen LogP contribution in [-0.2, 0) is 23.9 Å². The summed E-state index contributed by atoms with van der Waals surface area (Å²) in [7, 11) is 1.33. The molecule has 1 aliphatic carbocycles. The van der Waals surface area contributed by atoms with Gasteiger partial charge in [-0.2, -0.15) is 0 Å². The van der Waals surface area contributed by atoms with E-state index >= 15 is 0 Å². The molecule has 17 heavy (non-hydrogen) atoms. The summed E-state index contributed by atoms with van der Waals surface area (Å²) in [5.41, 5.74) is 0. The number of esters is 2. The Bertz CT molecular complexity index is 310. The summed E-state index contributed by atoms with van der Waals surface area (Å²) in [6, 6.07) is 0. The molecule has 0 bridgehead atoms. The van der Waals surface area contributed by atoms with Crippen molar-refractivity contribution in [2.75, 3.05) is 7.11 Å². The molecular weight excluding hydrogens is 224 g/mol. The summed E-state index contributed by atoms with van der Waals surface area (Å²) in [4.78, 5) is 33.3. The van der Waals surface area contributed by atoms with Crippen LogP contribution in [0.5, 0.6) is 0 Å². The largest absolute Gasteiger partial charge is 0.469 e. The van der Waals surface area contributed by atoms with Crippen molar-refractivity contribution >= 4 is 17.7 Å². The molecule has 1 fully saturated rings. The molecule has 0 spiro atoms. The molecule has 0 aliphatic heterocycles. The van der Waals surface area contributed by atoms with Crippen molar-refractivity contribution in [3.63, 3.8) is 0 Å². The van der Waals surface area contributed by atoms with Crippen molar-refractivity contribution in [3.8, 4) is 0 Å². The molecule has 1 rings (SSSR count). The van der Waals surface area contributed by atoms with E-state index in [1.165, 1.54) is 14.0 Å². The second-order valence-electron chi connectivity index (χ2n) is 4.30. The third-order valence-electron chi connectivity index (χ3n) is 2.99. The maximum atomic E-state index is 11.4. The zero-order chi connectivity index (χ0) is 12.8. The number of carbonyl (C=O) groups is 3. The Hall–Kier alpha value is -1.39. The Morgan fingerprint density at radius 3 is 2.71 bits per heavy atom. The van der Waals surface area contributed by atoms with Crippen LogP contribution in [0, 0.1) is 5.92 Å². The number of rotatable bonds is 4. The monoisotopic (exact) mass is 242 g/mol. The molecule has 0 saturated heterocycles. The predicted molar refractivity (Wildman–Crippen MR) is 59.2 cm³/mol. The van der Waals surface area contributed by atoms with Crippen LogP contribution in [0.2, 0.25) is 0 Å². The number of Topliss-reactive ketones (excluding diaryl/α,β-unsaturated/α-hetero) is 1. The minimum atomic E-state index is -0.340. The van der Waals surface area contributed by atoms with Crippen molar-refractivity contribution in [2.45, 2.75) is 45.1 Å². The Labute approximate surface area is 100 Å². The maximum Gasteiger partial charge on any atom is 0.305 e. The van der Waals surface area contributed by atoms with Gasteiger partial charge in [0.15, 0.2) is 0 Å². The van der Waals surface area contributed by atoms with Gasteiger partial charge < -0.3 is 9.47 Å². The lowest BCUT2D eigenvalue weighted by atomic mass is 9.82. The zero-order valence-corrected chi connectivity index (χ0v) is 10.2. The van der Waals surface area contributed by atoms with E-state index in [-0.39, 0.29) is 36.2 Å². The standard InChI is InChI=1S/C12H18O5/c1-8(13)17-11-5-4-10(14)7-9(11)3-6-12(15)16-2/h9,11H,3-7H2,1-2H3/t9-,11-/m1/s1. The highest BCUT2D eigenvalue weighted by Crippen LogP contribution is 2.28. The van der Waals surface area contributed by atoms with Gasteiger partial charge in [0.25, 0.3) is 0 Å². The Kier molecular flexibility index (Phi) is 5.12. The van der Waals surface area contributed by atoms with Crippen molar-refractivity contribution in [1.82, 2.24) is 0 Å². The first-order chi connectivity index (χ1) is 8.02. The van der Waals surface area contributed by atoms with E-state index < -0.39 is 0 Å². The Morgan fingerprint density at radius 1 is 1.41 bits per heavy atom. The van der Waals surface area contributed by atoms with Crippen molar-refractivity contribution in [1.29, 1.82) is 0 Å². The summed E-state index contributed by atoms with van der Waals surface area (Å²) in [5.74, 6) is -0.528. The first-order valence-corrected chi connectivity index (χ1v) is 5.78. The summed E-state index contributed by atoms with van der Waals surface area (Å²) >= 11 is 0. The van der Waals surface area contributed by atoms with Crippen LogP contribution in [0.4, 0.5) is 0 Å². The van der Waals surface area contributed by atoms with Crippen LogP contribution in [0.25, 0.3) is 0 Å². The molecule has 0 aromatic rings. The first kappa shape index (κ1) is 13.7. The molecule has 1 aliphatic rings. The van der Waals surface area contributed by atoms with E-state index in [0.717, 1.165) is 0 Å². The van der Waals surface area contributed by atoms with Gasteiger partial charge in [-0.3, -0.25) is 14.4 Å². The van der Waals surface area contributed by atoms with Crippen LogP contribution in [-0.4, -0.2) is 30.9 Å². The van der Waals surface area contributed by atoms with Crippen LogP contribution >= 0.6 is 0 Å². The topological polar surface area (TPSA) is 69.7 Å². The molecule has 0 amide bonds. The minimum Gasteiger partial charge on any atom is -0.469 e. The third kappa shape index (κ3) is 4.54. The van der Waals surface area contributed by atoms with Gasteiger partial charge in [0.05, 0.1) is 7.11 Å². The predicted octanol–water partition coefficient (Wildman–Crippen LogP) is 1.24. The molecular formula is C12H18O5. The third-order valence-corrected chi connectivity index (χ3v) is 2.99. The molecule has 0 radical (unpaired) electrons. The van der Waals surface area contributed by atoms with Gasteiger partial charge in [-0.25, -0.2) is 0 Å². The van der Waals surface area contributed by atoms with E-state index in [1.54, 1.807) is 0 Å². The molecule has 0 heterocycles. The van der Waals surface area contributed by atoms with E-state index in [0.29, 0.717) is 25.7 Å². The fourth-order valence-electron chi connectivity index (χ4n) is 2.13. The van der Waals surface area contributed by atoms with Gasteiger partial charge >= 0.3 is 11.9 Å². The second kappa shape index (κ2) is 6.37. The Balaban J connectivity index is 2.52. The molecule has 96 valence electrons. The Morgan fingerprint density at radius 2 is 2.12 bits per heavy atom. The quantitative estimate of drug-likeness (QED) is 0.694. The molecule has 0 unspecified atom stereocenters. The van der Waals surface area contributed by atoms with E-state index in [1.807, 2.05) is 0 Å². The van der Waals surface area contributed by atoms with Crippen LogP contribution in [0.3, 0.4) is 0 Å². The highest BCUT2D eigenvalue weighted by Gasteiger charge is 2.31. The molecule has 2 atom stereocenters. The molecule has 0 aromatic carbocycles. The number of methoxy groups -OCH3 is 1. The lowest BCUT2D eigenvalue weighted by molar-refractivity contribution is -0.153. The van der Waals surface area contributed by atoms with E-state index in [2.05, 4.69) is 4.74 Å². The summed E-state index contributed by atoms with van der Waals surface area (Å²) in [6.45, 7) is 1.35. The van der Waals surface area contributed by atoms with Crippen molar-refractivity contribution in [2.24, 2.45) is 5.92 Å². The number of ketones is 1. The fourth-order valence-corrected chi connectivity index (χ4v) is 2.13. The van der Waals surface area contributed by atoms with Gasteiger partial charge in [-0.15, -0.1) is 0 Å². The lowest BCUT2D eigenvalue weighted by Crippen LogP contribution is -2.33. The molecule has 1 saturated carbocycles. The maximum absolute atomic E-state index is 11.4. The highest BCUT2D eigenvalue weighted by atomic mass is 16.5. The second-order valence-corrected chi connectivity index (χ2v) is 4.30.